The molecule has 1 aliphatic heterocycles. The Balaban J connectivity index is 2.36. The molecule has 2 rings (SSSR count). The smallest absolute Gasteiger partial charge is 0.307 e. The van der Waals surface area contributed by atoms with Crippen molar-refractivity contribution in [2.75, 3.05) is 0 Å². The molecule has 6 nitrogen and oxygen atoms in total. The number of phenols is 2. The van der Waals surface area contributed by atoms with Crippen molar-refractivity contribution >= 4 is 11.9 Å². The van der Waals surface area contributed by atoms with Crippen molar-refractivity contribution in [3.63, 3.8) is 0 Å². The maximum atomic E-state index is 11.4. The summed E-state index contributed by atoms with van der Waals surface area (Å²) in [6.45, 7) is 6.01. The summed E-state index contributed by atoms with van der Waals surface area (Å²) in [6, 6.07) is 1.44. The molecule has 1 unspecified atom stereocenters. The van der Waals surface area contributed by atoms with Gasteiger partial charge in [0.15, 0.2) is 0 Å². The number of hydrogen-bond acceptors (Lipinski definition) is 4. The number of carbonyl (C=O) groups is 2. The van der Waals surface area contributed by atoms with Crippen molar-refractivity contribution in [2.45, 2.75) is 78.2 Å². The summed E-state index contributed by atoms with van der Waals surface area (Å²) >= 11 is 0. The van der Waals surface area contributed by atoms with Gasteiger partial charge in [0.2, 0.25) is 5.91 Å². The van der Waals surface area contributed by atoms with E-state index < -0.39 is 5.97 Å². The number of carbonyl (C=O) groups excluding carboxylic acids is 1. The molecule has 0 spiro atoms. The normalized spacial score (nSPS) is 16.0. The predicted octanol–water partition coefficient (Wildman–Crippen LogP) is 4.69. The summed E-state index contributed by atoms with van der Waals surface area (Å²) in [5.74, 6) is -0.971. The van der Waals surface area contributed by atoms with E-state index in [4.69, 9.17) is 0 Å². The number of β-lactam (4-membered cyclic amide) rings is 1. The van der Waals surface area contributed by atoms with Crippen molar-refractivity contribution in [1.82, 2.24) is 5.32 Å². The molecule has 1 atom stereocenters. The van der Waals surface area contributed by atoms with Crippen LogP contribution >= 0.6 is 0 Å². The molecular formula is C24H33NO5. The molecule has 0 bridgehead atoms. The first kappa shape index (κ1) is 23.5. The number of aryl methyl sites for hydroxylation is 1. The summed E-state index contributed by atoms with van der Waals surface area (Å²) in [5, 5.41) is 33.6. The molecule has 1 aromatic carbocycles. The van der Waals surface area contributed by atoms with Crippen LogP contribution in [0.3, 0.4) is 0 Å². The predicted molar refractivity (Wildman–Crippen MR) is 117 cm³/mol. The van der Waals surface area contributed by atoms with E-state index in [1.807, 2.05) is 19.9 Å². The molecule has 1 heterocycles. The lowest BCUT2D eigenvalue weighted by molar-refractivity contribution is -0.136. The monoisotopic (exact) mass is 415 g/mol. The Labute approximate surface area is 178 Å². The highest BCUT2D eigenvalue weighted by Crippen LogP contribution is 2.41. The minimum atomic E-state index is -0.916. The second kappa shape index (κ2) is 10.9. The van der Waals surface area contributed by atoms with Crippen LogP contribution < -0.4 is 5.32 Å². The molecule has 0 aromatic heterocycles. The van der Waals surface area contributed by atoms with Crippen LogP contribution in [0, 0.1) is 0 Å². The van der Waals surface area contributed by atoms with Gasteiger partial charge in [0.25, 0.3) is 0 Å². The maximum Gasteiger partial charge on any atom is 0.307 e. The number of phenolic OH excluding ortho intramolecular Hbond substituents is 2. The van der Waals surface area contributed by atoms with Gasteiger partial charge in [0.1, 0.15) is 11.5 Å². The van der Waals surface area contributed by atoms with Gasteiger partial charge in [-0.15, -0.1) is 0 Å². The van der Waals surface area contributed by atoms with Gasteiger partial charge in [-0.3, -0.25) is 9.59 Å². The van der Waals surface area contributed by atoms with Crippen LogP contribution in [0.25, 0.3) is 0 Å². The lowest BCUT2D eigenvalue weighted by Crippen LogP contribution is -2.41. The molecule has 1 saturated heterocycles. The highest BCUT2D eigenvalue weighted by Gasteiger charge is 2.32. The Morgan fingerprint density at radius 2 is 1.93 bits per heavy atom. The number of hydrogen-bond donors (Lipinski definition) is 4. The molecule has 1 amide bonds. The number of rotatable bonds is 11. The van der Waals surface area contributed by atoms with E-state index in [2.05, 4.69) is 12.2 Å². The Bertz CT molecular complexity index is 842. The Hall–Kier alpha value is -2.76. The molecular weight excluding hydrogens is 382 g/mol. The maximum absolute atomic E-state index is 11.4. The zero-order valence-corrected chi connectivity index (χ0v) is 18.1. The summed E-state index contributed by atoms with van der Waals surface area (Å²) < 4.78 is 0. The standard InChI is InChI=1S/C24H33NO5/c1-4-5-6-7-17-13-20(26)18(24(30)23(17)19-14-21(27)25-19)11-10-16(12-22(28)29)9-8-15(2)3/h8,10,13,19,26,30H,4-7,9,11-12,14H2,1-3H3,(H,25,27)(H,28,29)/b16-10+. The number of benzene rings is 1. The van der Waals surface area contributed by atoms with Crippen LogP contribution in [-0.4, -0.2) is 27.2 Å². The largest absolute Gasteiger partial charge is 0.508 e. The van der Waals surface area contributed by atoms with Crippen LogP contribution in [0.1, 0.15) is 82.0 Å². The molecule has 1 aromatic rings. The van der Waals surface area contributed by atoms with Crippen LogP contribution in [0.4, 0.5) is 0 Å². The SMILES string of the molecule is CCCCCc1cc(O)c(C/C=C(\CC=C(C)C)CC(=O)O)c(O)c1C1CC(=O)N1. The van der Waals surface area contributed by atoms with Gasteiger partial charge in [-0.2, -0.15) is 0 Å². The second-order valence-corrected chi connectivity index (χ2v) is 8.20. The molecule has 30 heavy (non-hydrogen) atoms. The fraction of sp³-hybridized carbons (Fsp3) is 0.500. The number of aliphatic carboxylic acids is 1. The number of carboxylic acids is 1. The molecule has 1 aliphatic rings. The van der Waals surface area contributed by atoms with Gasteiger partial charge in [0, 0.05) is 11.1 Å². The second-order valence-electron chi connectivity index (χ2n) is 8.20. The number of allylic oxidation sites excluding steroid dienone is 3. The lowest BCUT2D eigenvalue weighted by atomic mass is 9.87. The third kappa shape index (κ3) is 6.37. The van der Waals surface area contributed by atoms with Crippen molar-refractivity contribution in [2.24, 2.45) is 0 Å². The minimum absolute atomic E-state index is 0.000336. The van der Waals surface area contributed by atoms with Crippen molar-refractivity contribution in [3.8, 4) is 11.5 Å². The fourth-order valence-electron chi connectivity index (χ4n) is 3.66. The van der Waals surface area contributed by atoms with E-state index in [0.29, 0.717) is 29.5 Å². The zero-order chi connectivity index (χ0) is 22.3. The van der Waals surface area contributed by atoms with Crippen LogP contribution in [0.15, 0.2) is 29.4 Å². The summed E-state index contributed by atoms with van der Waals surface area (Å²) in [7, 11) is 0. The van der Waals surface area contributed by atoms with Gasteiger partial charge >= 0.3 is 5.97 Å². The van der Waals surface area contributed by atoms with Gasteiger partial charge in [-0.25, -0.2) is 0 Å². The van der Waals surface area contributed by atoms with Crippen molar-refractivity contribution < 1.29 is 24.9 Å². The van der Waals surface area contributed by atoms with Crippen molar-refractivity contribution in [3.05, 3.63) is 46.1 Å². The van der Waals surface area contributed by atoms with Gasteiger partial charge in [-0.05, 0) is 51.2 Å². The molecule has 1 fully saturated rings. The number of aromatic hydroxyl groups is 2. The van der Waals surface area contributed by atoms with Crippen LogP contribution in [0.2, 0.25) is 0 Å². The molecule has 0 radical (unpaired) electrons. The van der Waals surface area contributed by atoms with E-state index in [1.54, 1.807) is 12.1 Å². The third-order valence-corrected chi connectivity index (χ3v) is 5.38. The van der Waals surface area contributed by atoms with Gasteiger partial charge in [0.05, 0.1) is 18.9 Å². The van der Waals surface area contributed by atoms with E-state index in [9.17, 15) is 24.9 Å². The van der Waals surface area contributed by atoms with Crippen LogP contribution in [-0.2, 0) is 22.4 Å². The quantitative estimate of drug-likeness (QED) is 0.238. The fourth-order valence-corrected chi connectivity index (χ4v) is 3.66. The number of nitrogens with one attached hydrogen (secondary N) is 1. The topological polar surface area (TPSA) is 107 Å². The summed E-state index contributed by atoms with van der Waals surface area (Å²) in [5.41, 5.74) is 3.71. The molecule has 6 heteroatoms. The number of amides is 1. The van der Waals surface area contributed by atoms with E-state index in [-0.39, 0.29) is 36.3 Å². The average molecular weight is 416 g/mol. The molecule has 164 valence electrons. The first-order chi connectivity index (χ1) is 14.2. The van der Waals surface area contributed by atoms with Gasteiger partial charge in [-0.1, -0.05) is 43.1 Å². The Kier molecular flexibility index (Phi) is 8.51. The highest BCUT2D eigenvalue weighted by molar-refractivity contribution is 5.84. The minimum Gasteiger partial charge on any atom is -0.508 e. The number of carboxylic acid groups (broad SMARTS) is 1. The van der Waals surface area contributed by atoms with E-state index in [1.165, 1.54) is 0 Å². The lowest BCUT2D eigenvalue weighted by Gasteiger charge is -2.30. The zero-order valence-electron chi connectivity index (χ0n) is 18.1. The van der Waals surface area contributed by atoms with E-state index >= 15 is 0 Å². The Morgan fingerprint density at radius 3 is 2.50 bits per heavy atom. The van der Waals surface area contributed by atoms with Gasteiger partial charge < -0.3 is 20.6 Å². The molecule has 0 aliphatic carbocycles. The molecule has 0 saturated carbocycles. The first-order valence-corrected chi connectivity index (χ1v) is 10.6. The summed E-state index contributed by atoms with van der Waals surface area (Å²) in [4.78, 5) is 22.6. The first-order valence-electron chi connectivity index (χ1n) is 10.6. The average Bonchev–Trinajstić information content (AvgIpc) is 2.63. The third-order valence-electron chi connectivity index (χ3n) is 5.38. The molecule has 4 N–H and O–H groups in total. The van der Waals surface area contributed by atoms with Crippen molar-refractivity contribution in [1.29, 1.82) is 0 Å². The Morgan fingerprint density at radius 1 is 1.23 bits per heavy atom. The highest BCUT2D eigenvalue weighted by atomic mass is 16.4. The summed E-state index contributed by atoms with van der Waals surface area (Å²) in [6.07, 6.45) is 8.45. The van der Waals surface area contributed by atoms with E-state index in [0.717, 1.165) is 36.8 Å². The number of unbranched alkanes of at least 4 members (excludes halogenated alkanes) is 2. The van der Waals surface area contributed by atoms with Crippen LogP contribution in [0.5, 0.6) is 11.5 Å².